The van der Waals surface area contributed by atoms with Crippen molar-refractivity contribution in [2.24, 2.45) is 0 Å². The van der Waals surface area contributed by atoms with Gasteiger partial charge in [-0.3, -0.25) is 10.3 Å². The van der Waals surface area contributed by atoms with Crippen molar-refractivity contribution < 1.29 is 14.4 Å². The largest absolute Gasteiger partial charge is 0.497 e. The Bertz CT molecular complexity index is 889. The van der Waals surface area contributed by atoms with Gasteiger partial charge in [0.1, 0.15) is 11.4 Å². The number of hydroxylamine groups is 1. The predicted octanol–water partition coefficient (Wildman–Crippen LogP) is 3.97. The third-order valence-corrected chi connectivity index (χ3v) is 5.68. The first-order valence-electron chi connectivity index (χ1n) is 9.65. The van der Waals surface area contributed by atoms with Crippen molar-refractivity contribution in [3.8, 4) is 5.75 Å². The quantitative estimate of drug-likeness (QED) is 0.796. The highest BCUT2D eigenvalue weighted by Crippen LogP contribution is 2.34. The van der Waals surface area contributed by atoms with Crippen molar-refractivity contribution >= 4 is 23.3 Å². The normalized spacial score (nSPS) is 17.6. The number of rotatable bonds is 4. The van der Waals surface area contributed by atoms with Crippen LogP contribution in [0.15, 0.2) is 54.6 Å². The lowest BCUT2D eigenvalue weighted by atomic mass is 9.90. The lowest BCUT2D eigenvalue weighted by Crippen LogP contribution is -2.49. The number of halogens is 1. The van der Waals surface area contributed by atoms with Crippen LogP contribution in [0.25, 0.3) is 5.70 Å². The second-order valence-corrected chi connectivity index (χ2v) is 7.76. The van der Waals surface area contributed by atoms with Crippen molar-refractivity contribution in [2.45, 2.75) is 25.0 Å². The molecule has 2 aliphatic heterocycles. The summed E-state index contributed by atoms with van der Waals surface area (Å²) in [6.45, 7) is 1.77. The number of amides is 2. The topological polar surface area (TPSA) is 62.8 Å². The van der Waals surface area contributed by atoms with Crippen LogP contribution in [-0.4, -0.2) is 36.7 Å². The Hall–Kier alpha value is -2.70. The van der Waals surface area contributed by atoms with E-state index in [-0.39, 0.29) is 11.6 Å². The molecule has 6 nitrogen and oxygen atoms in total. The molecule has 0 radical (unpaired) electrons. The first-order chi connectivity index (χ1) is 14.1. The van der Waals surface area contributed by atoms with Crippen LogP contribution in [0.5, 0.6) is 5.75 Å². The molecule has 152 valence electrons. The minimum atomic E-state index is -0.373. The Morgan fingerprint density at radius 1 is 1.17 bits per heavy atom. The third-order valence-electron chi connectivity index (χ3n) is 5.43. The van der Waals surface area contributed by atoms with E-state index in [4.69, 9.17) is 21.2 Å². The summed E-state index contributed by atoms with van der Waals surface area (Å²) in [4.78, 5) is 20.3. The Labute approximate surface area is 175 Å². The van der Waals surface area contributed by atoms with Gasteiger partial charge in [-0.05, 0) is 41.5 Å². The average Bonchev–Trinajstić information content (AvgIpc) is 3.17. The van der Waals surface area contributed by atoms with Gasteiger partial charge in [-0.25, -0.2) is 4.79 Å². The van der Waals surface area contributed by atoms with E-state index in [2.05, 4.69) is 16.9 Å². The summed E-state index contributed by atoms with van der Waals surface area (Å²) >= 11 is 5.96. The zero-order valence-electron chi connectivity index (χ0n) is 16.3. The number of likely N-dealkylation sites (tertiary alicyclic amines) is 1. The van der Waals surface area contributed by atoms with Crippen molar-refractivity contribution in [1.29, 1.82) is 0 Å². The summed E-state index contributed by atoms with van der Waals surface area (Å²) in [6, 6.07) is 15.3. The molecule has 29 heavy (non-hydrogen) atoms. The maximum Gasteiger partial charge on any atom is 0.317 e. The minimum Gasteiger partial charge on any atom is -0.497 e. The monoisotopic (exact) mass is 413 g/mol. The van der Waals surface area contributed by atoms with Gasteiger partial charge in [-0.1, -0.05) is 35.9 Å². The molecule has 2 N–H and O–H groups in total. The lowest BCUT2D eigenvalue weighted by molar-refractivity contribution is -0.0639. The molecule has 0 aliphatic carbocycles. The van der Waals surface area contributed by atoms with Crippen LogP contribution in [0.2, 0.25) is 5.02 Å². The van der Waals surface area contributed by atoms with Gasteiger partial charge >= 0.3 is 6.03 Å². The fourth-order valence-corrected chi connectivity index (χ4v) is 3.74. The van der Waals surface area contributed by atoms with Crippen molar-refractivity contribution in [1.82, 2.24) is 15.7 Å². The van der Waals surface area contributed by atoms with Gasteiger partial charge in [-0.15, -0.1) is 0 Å². The number of nitrogens with zero attached hydrogens (tertiary/aromatic N) is 1. The van der Waals surface area contributed by atoms with Crippen LogP contribution in [0.4, 0.5) is 4.79 Å². The van der Waals surface area contributed by atoms with E-state index in [1.165, 1.54) is 0 Å². The molecule has 0 bridgehead atoms. The molecule has 2 heterocycles. The van der Waals surface area contributed by atoms with Crippen LogP contribution in [-0.2, 0) is 11.4 Å². The molecule has 4 rings (SSSR count). The Morgan fingerprint density at radius 2 is 1.86 bits per heavy atom. The summed E-state index contributed by atoms with van der Waals surface area (Å²) in [7, 11) is 1.64. The molecular weight excluding hydrogens is 390 g/mol. The molecule has 2 amide bonds. The van der Waals surface area contributed by atoms with E-state index in [1.807, 2.05) is 53.4 Å². The number of benzene rings is 2. The van der Waals surface area contributed by atoms with Gasteiger partial charge in [-0.2, -0.15) is 0 Å². The van der Waals surface area contributed by atoms with E-state index in [9.17, 15) is 4.79 Å². The molecule has 0 unspecified atom stereocenters. The average molecular weight is 414 g/mol. The molecular formula is C22H24ClN3O3. The summed E-state index contributed by atoms with van der Waals surface area (Å²) in [5, 5.41) is 3.69. The van der Waals surface area contributed by atoms with Crippen molar-refractivity contribution in [3.05, 3.63) is 70.8 Å². The van der Waals surface area contributed by atoms with Crippen LogP contribution >= 0.6 is 11.6 Å². The molecule has 2 aliphatic rings. The van der Waals surface area contributed by atoms with E-state index >= 15 is 0 Å². The molecule has 0 saturated carbocycles. The van der Waals surface area contributed by atoms with Crippen LogP contribution in [0, 0.1) is 0 Å². The number of ether oxygens (including phenoxy) is 1. The van der Waals surface area contributed by atoms with E-state index in [0.717, 1.165) is 35.4 Å². The third kappa shape index (κ3) is 4.49. The maximum absolute atomic E-state index is 12.5. The SMILES string of the molecule is COc1ccc(CNC(=O)N2CCC3(C=C(c4ccc(Cl)cc4)NO3)CC2)cc1. The molecule has 7 heteroatoms. The molecule has 1 fully saturated rings. The minimum absolute atomic E-state index is 0.0523. The number of urea groups is 1. The number of hydrogen-bond acceptors (Lipinski definition) is 4. The molecule has 2 aromatic rings. The van der Waals surface area contributed by atoms with Gasteiger partial charge in [0.2, 0.25) is 0 Å². The van der Waals surface area contributed by atoms with Crippen LogP contribution in [0.1, 0.15) is 24.0 Å². The van der Waals surface area contributed by atoms with Crippen LogP contribution in [0.3, 0.4) is 0 Å². The number of carbonyl (C=O) groups excluding carboxylic acids is 1. The fraction of sp³-hybridized carbons (Fsp3) is 0.318. The summed E-state index contributed by atoms with van der Waals surface area (Å²) in [5.74, 6) is 0.803. The summed E-state index contributed by atoms with van der Waals surface area (Å²) in [6.07, 6.45) is 3.61. The Morgan fingerprint density at radius 3 is 2.52 bits per heavy atom. The molecule has 2 aromatic carbocycles. The molecule has 0 aromatic heterocycles. The fourth-order valence-electron chi connectivity index (χ4n) is 3.62. The van der Waals surface area contributed by atoms with Crippen LogP contribution < -0.4 is 15.5 Å². The summed E-state index contributed by atoms with van der Waals surface area (Å²) < 4.78 is 5.15. The summed E-state index contributed by atoms with van der Waals surface area (Å²) in [5.41, 5.74) is 5.68. The number of hydrogen-bond donors (Lipinski definition) is 2. The lowest BCUT2D eigenvalue weighted by Gasteiger charge is -2.36. The number of nitrogens with one attached hydrogen (secondary N) is 2. The number of carbonyl (C=O) groups is 1. The molecule has 1 spiro atoms. The second kappa shape index (κ2) is 8.35. The maximum atomic E-state index is 12.5. The predicted molar refractivity (Wildman–Crippen MR) is 112 cm³/mol. The highest BCUT2D eigenvalue weighted by atomic mass is 35.5. The number of piperidine rings is 1. The smallest absolute Gasteiger partial charge is 0.317 e. The first kappa shape index (κ1) is 19.6. The first-order valence-corrected chi connectivity index (χ1v) is 10.0. The standard InChI is InChI=1S/C22H24ClN3O3/c1-28-19-8-2-16(3-9-19)15-24-21(27)26-12-10-22(11-13-26)14-20(25-29-22)17-4-6-18(23)7-5-17/h2-9,14,25H,10-13,15H2,1H3,(H,24,27). The zero-order valence-corrected chi connectivity index (χ0v) is 17.0. The Kier molecular flexibility index (Phi) is 5.65. The van der Waals surface area contributed by atoms with E-state index in [1.54, 1.807) is 7.11 Å². The highest BCUT2D eigenvalue weighted by molar-refractivity contribution is 6.30. The highest BCUT2D eigenvalue weighted by Gasteiger charge is 2.39. The van der Waals surface area contributed by atoms with Gasteiger partial charge in [0, 0.05) is 37.5 Å². The second-order valence-electron chi connectivity index (χ2n) is 7.33. The van der Waals surface area contributed by atoms with E-state index in [0.29, 0.717) is 24.7 Å². The van der Waals surface area contributed by atoms with Crippen molar-refractivity contribution in [3.63, 3.8) is 0 Å². The van der Waals surface area contributed by atoms with Crippen molar-refractivity contribution in [2.75, 3.05) is 20.2 Å². The van der Waals surface area contributed by atoms with Gasteiger partial charge in [0.25, 0.3) is 0 Å². The molecule has 0 atom stereocenters. The number of methoxy groups -OCH3 is 1. The molecule has 1 saturated heterocycles. The van der Waals surface area contributed by atoms with Gasteiger partial charge < -0.3 is 15.0 Å². The van der Waals surface area contributed by atoms with E-state index < -0.39 is 0 Å². The van der Waals surface area contributed by atoms with Gasteiger partial charge in [0.15, 0.2) is 0 Å². The Balaban J connectivity index is 1.30. The zero-order chi connectivity index (χ0) is 20.3. The van der Waals surface area contributed by atoms with Gasteiger partial charge in [0.05, 0.1) is 12.8 Å².